The lowest BCUT2D eigenvalue weighted by molar-refractivity contribution is -0.151. The van der Waals surface area contributed by atoms with Crippen molar-refractivity contribution in [2.75, 3.05) is 66.3 Å². The zero-order valence-corrected chi connectivity index (χ0v) is 61.7. The summed E-state index contributed by atoms with van der Waals surface area (Å²) in [6.07, 6.45) is 55.0. The van der Waals surface area contributed by atoms with Crippen molar-refractivity contribution in [1.82, 2.24) is 9.80 Å². The molecule has 3 atom stereocenters. The number of methoxy groups -OCH3 is 1. The molecular weight excluding hydrogens is 1170 g/mol. The molecule has 1 fully saturated rings. The molecule has 0 aromatic carbocycles. The summed E-state index contributed by atoms with van der Waals surface area (Å²) in [6.45, 7) is 16.9. The normalized spacial score (nSPS) is 15.2. The third-order valence-electron chi connectivity index (χ3n) is 20.1. The second-order valence-electron chi connectivity index (χ2n) is 28.5. The van der Waals surface area contributed by atoms with Crippen LogP contribution in [0.2, 0.25) is 0 Å². The number of ether oxygens (including phenoxy) is 5. The van der Waals surface area contributed by atoms with E-state index in [0.717, 1.165) is 225 Å². The maximum absolute atomic E-state index is 13.1. The molecule has 0 aromatic heterocycles. The first kappa shape index (κ1) is 88.2. The largest absolute Gasteiger partial charge is 0.469 e. The summed E-state index contributed by atoms with van der Waals surface area (Å²) >= 11 is 0. The van der Waals surface area contributed by atoms with E-state index in [1.54, 1.807) is 0 Å². The van der Waals surface area contributed by atoms with E-state index in [0.29, 0.717) is 76.3 Å². The van der Waals surface area contributed by atoms with Crippen molar-refractivity contribution in [2.45, 2.75) is 393 Å². The number of nitrogens with zero attached hydrogens (tertiary/aromatic N) is 2. The van der Waals surface area contributed by atoms with Crippen LogP contribution in [-0.2, 0) is 47.7 Å². The van der Waals surface area contributed by atoms with Crippen molar-refractivity contribution < 1.29 is 57.9 Å². The van der Waals surface area contributed by atoms with Gasteiger partial charge in [-0.05, 0) is 166 Å². The van der Waals surface area contributed by atoms with Crippen LogP contribution in [0, 0.1) is 17.8 Å². The van der Waals surface area contributed by atoms with Gasteiger partial charge in [0.15, 0.2) is 0 Å². The molecule has 1 aliphatic carbocycles. The Morgan fingerprint density at radius 2 is 0.828 bits per heavy atom. The zero-order chi connectivity index (χ0) is 67.9. The average Bonchev–Trinajstić information content (AvgIpc) is 2.84. The van der Waals surface area contributed by atoms with Gasteiger partial charge in [0.25, 0.3) is 0 Å². The molecule has 0 radical (unpaired) electrons. The van der Waals surface area contributed by atoms with Gasteiger partial charge < -0.3 is 38.8 Å². The van der Waals surface area contributed by atoms with Gasteiger partial charge in [0.2, 0.25) is 0 Å². The Morgan fingerprint density at radius 1 is 0.409 bits per heavy atom. The smallest absolute Gasteiger partial charge is 0.306 e. The lowest BCUT2D eigenvalue weighted by atomic mass is 9.80. The number of hydrogen-bond donors (Lipinski definition) is 2. The molecule has 14 nitrogen and oxygen atoms in total. The monoisotopic (exact) mass is 1320 g/mol. The summed E-state index contributed by atoms with van der Waals surface area (Å²) in [5.74, 6) is 0.767. The molecule has 2 N–H and O–H groups in total. The maximum atomic E-state index is 13.1. The molecule has 0 aromatic rings. The molecule has 93 heavy (non-hydrogen) atoms. The number of aliphatic hydroxyl groups is 2. The minimum absolute atomic E-state index is 0.00350. The van der Waals surface area contributed by atoms with E-state index in [1.165, 1.54) is 110 Å². The fourth-order valence-corrected chi connectivity index (χ4v) is 13.7. The summed E-state index contributed by atoms with van der Waals surface area (Å²) in [6, 6.07) is 0.398. The first-order chi connectivity index (χ1) is 45.4. The second-order valence-corrected chi connectivity index (χ2v) is 28.5. The van der Waals surface area contributed by atoms with Crippen molar-refractivity contribution >= 4 is 29.8 Å². The Hall–Kier alpha value is -2.81. The third-order valence-corrected chi connectivity index (χ3v) is 20.1. The van der Waals surface area contributed by atoms with Gasteiger partial charge in [-0.3, -0.25) is 28.9 Å². The summed E-state index contributed by atoms with van der Waals surface area (Å²) < 4.78 is 28.3. The molecule has 548 valence electrons. The summed E-state index contributed by atoms with van der Waals surface area (Å²) in [5, 5.41) is 19.6. The predicted molar refractivity (Wildman–Crippen MR) is 383 cm³/mol. The van der Waals surface area contributed by atoms with E-state index in [-0.39, 0.29) is 61.2 Å². The van der Waals surface area contributed by atoms with Gasteiger partial charge in [0, 0.05) is 51.2 Å². The highest BCUT2D eigenvalue weighted by Crippen LogP contribution is 2.33. The molecule has 0 bridgehead atoms. The van der Waals surface area contributed by atoms with E-state index in [4.69, 9.17) is 23.7 Å². The van der Waals surface area contributed by atoms with Crippen LogP contribution in [0.15, 0.2) is 0 Å². The van der Waals surface area contributed by atoms with Crippen molar-refractivity contribution in [1.29, 1.82) is 0 Å². The lowest BCUT2D eigenvalue weighted by Gasteiger charge is -2.30. The standard InChI is InChI=1S/C79H150N2O12/c1-7-10-13-16-22-33-47-73(48-34-23-17-14-11-8-2)92-78(87)52-37-27-26-32-45-70(5)81(64-66-83)62-43-29-21-25-36-51-77(86)91-68-72(46-39-40-49-75(84)89-6)69(4)54-55-71-56-58-74(59-57-71)93-79(88)53-38-31-42-61-80(63-65-82)60-41-28-20-18-19-24-35-50-76(85)90-67-44-30-15-12-9-3/h69-74,82-83H,7-68H2,1-6H3. The van der Waals surface area contributed by atoms with Gasteiger partial charge >= 0.3 is 29.8 Å². The predicted octanol–water partition coefficient (Wildman–Crippen LogP) is 19.7. The van der Waals surface area contributed by atoms with Crippen molar-refractivity contribution in [3.8, 4) is 0 Å². The van der Waals surface area contributed by atoms with Crippen LogP contribution in [0.4, 0.5) is 0 Å². The first-order valence-electron chi connectivity index (χ1n) is 39.8. The number of rotatable bonds is 69. The topological polar surface area (TPSA) is 178 Å². The quantitative estimate of drug-likeness (QED) is 0.0334. The fourth-order valence-electron chi connectivity index (χ4n) is 13.7. The van der Waals surface area contributed by atoms with E-state index in [9.17, 15) is 34.2 Å². The second kappa shape index (κ2) is 65.1. The molecule has 0 amide bonds. The van der Waals surface area contributed by atoms with Gasteiger partial charge in [-0.25, -0.2) is 0 Å². The SMILES string of the molecule is CCCCCCCCC(CCCCCCCC)OC(=O)CCCCCCC(C)N(CCO)CCCCCCCC(=O)OCC(CCCCC(=O)OC)C(C)CCC1CCC(OC(=O)CCCCCN(CCO)CCCCCCCCCC(=O)OCCCCCCC)CC1. The van der Waals surface area contributed by atoms with Gasteiger partial charge in [0.05, 0.1) is 33.5 Å². The number of hydrogen-bond acceptors (Lipinski definition) is 14. The number of carbonyl (C=O) groups is 5. The lowest BCUT2D eigenvalue weighted by Crippen LogP contribution is -2.36. The minimum Gasteiger partial charge on any atom is -0.469 e. The molecule has 0 saturated heterocycles. The van der Waals surface area contributed by atoms with E-state index < -0.39 is 0 Å². The molecule has 0 aliphatic heterocycles. The zero-order valence-electron chi connectivity index (χ0n) is 61.7. The van der Waals surface area contributed by atoms with Crippen LogP contribution in [0.25, 0.3) is 0 Å². The maximum Gasteiger partial charge on any atom is 0.306 e. The Kier molecular flexibility index (Phi) is 61.8. The molecular formula is C79H150N2O12. The first-order valence-corrected chi connectivity index (χ1v) is 39.8. The van der Waals surface area contributed by atoms with E-state index >= 15 is 0 Å². The molecule has 0 heterocycles. The Bertz CT molecular complexity index is 1700. The van der Waals surface area contributed by atoms with Gasteiger partial charge in [-0.15, -0.1) is 0 Å². The number of unbranched alkanes of at least 4 members (excludes halogenated alkanes) is 30. The molecule has 0 spiro atoms. The third kappa shape index (κ3) is 54.8. The van der Waals surface area contributed by atoms with Crippen molar-refractivity contribution in [3.63, 3.8) is 0 Å². The fraction of sp³-hybridized carbons (Fsp3) is 0.937. The van der Waals surface area contributed by atoms with E-state index in [1.807, 2.05) is 0 Å². The van der Waals surface area contributed by atoms with Crippen molar-refractivity contribution in [2.24, 2.45) is 17.8 Å². The molecule has 3 unspecified atom stereocenters. The number of aliphatic hydroxyl groups excluding tert-OH is 2. The Balaban J connectivity index is 2.33. The Morgan fingerprint density at radius 3 is 1.37 bits per heavy atom. The molecule has 14 heteroatoms. The van der Waals surface area contributed by atoms with Gasteiger partial charge in [0.1, 0.15) is 12.2 Å². The summed E-state index contributed by atoms with van der Waals surface area (Å²) in [5.41, 5.74) is 0. The van der Waals surface area contributed by atoms with Crippen LogP contribution >= 0.6 is 0 Å². The van der Waals surface area contributed by atoms with E-state index in [2.05, 4.69) is 44.4 Å². The molecule has 1 rings (SSSR count). The van der Waals surface area contributed by atoms with Gasteiger partial charge in [-0.1, -0.05) is 214 Å². The Labute approximate surface area is 572 Å². The van der Waals surface area contributed by atoms with Crippen LogP contribution in [0.1, 0.15) is 375 Å². The van der Waals surface area contributed by atoms with Gasteiger partial charge in [-0.2, -0.15) is 0 Å². The highest BCUT2D eigenvalue weighted by molar-refractivity contribution is 5.70. The number of esters is 5. The molecule has 1 aliphatic rings. The van der Waals surface area contributed by atoms with Crippen LogP contribution < -0.4 is 0 Å². The summed E-state index contributed by atoms with van der Waals surface area (Å²) in [4.78, 5) is 67.5. The highest BCUT2D eigenvalue weighted by Gasteiger charge is 2.27. The minimum atomic E-state index is -0.186. The van der Waals surface area contributed by atoms with Crippen LogP contribution in [0.3, 0.4) is 0 Å². The van der Waals surface area contributed by atoms with Crippen LogP contribution in [-0.4, -0.2) is 134 Å². The summed E-state index contributed by atoms with van der Waals surface area (Å²) in [7, 11) is 1.43. The molecule has 1 saturated carbocycles. The van der Waals surface area contributed by atoms with Crippen LogP contribution in [0.5, 0.6) is 0 Å². The average molecular weight is 1320 g/mol. The van der Waals surface area contributed by atoms with Crippen molar-refractivity contribution in [3.05, 3.63) is 0 Å². The highest BCUT2D eigenvalue weighted by atomic mass is 16.6. The number of carbonyl (C=O) groups excluding carboxylic acids is 5.